The van der Waals surface area contributed by atoms with Gasteiger partial charge in [-0.3, -0.25) is 14.6 Å². The van der Waals surface area contributed by atoms with Crippen LogP contribution in [0.15, 0.2) is 88.3 Å². The van der Waals surface area contributed by atoms with Crippen molar-refractivity contribution < 1.29 is 23.9 Å². The van der Waals surface area contributed by atoms with Crippen LogP contribution in [0.1, 0.15) is 36.5 Å². The van der Waals surface area contributed by atoms with Crippen LogP contribution in [0.25, 0.3) is 0 Å². The third-order valence-corrected chi connectivity index (χ3v) is 7.47. The summed E-state index contributed by atoms with van der Waals surface area (Å²) in [6.45, 7) is 3.93. The topological polar surface area (TPSA) is 85.3 Å². The van der Waals surface area contributed by atoms with Crippen molar-refractivity contribution in [2.24, 2.45) is 10.9 Å². The highest BCUT2D eigenvalue weighted by molar-refractivity contribution is 9.10. The zero-order valence-corrected chi connectivity index (χ0v) is 22.7. The van der Waals surface area contributed by atoms with Crippen molar-refractivity contribution in [2.75, 3.05) is 18.1 Å². The van der Waals surface area contributed by atoms with Crippen LogP contribution < -0.4 is 4.90 Å². The minimum Gasteiger partial charge on any atom is -0.465 e. The molecule has 0 N–H and O–H groups in total. The van der Waals surface area contributed by atoms with Crippen LogP contribution in [-0.4, -0.2) is 36.8 Å². The van der Waals surface area contributed by atoms with Crippen molar-refractivity contribution in [3.05, 3.63) is 100 Å². The number of ether oxygens (including phenoxy) is 2. The van der Waals surface area contributed by atoms with Gasteiger partial charge in [0, 0.05) is 16.0 Å². The average molecular weight is 575 g/mol. The van der Waals surface area contributed by atoms with Gasteiger partial charge >= 0.3 is 11.9 Å². The molecule has 8 heteroatoms. The zero-order chi connectivity index (χ0) is 26.9. The van der Waals surface area contributed by atoms with Gasteiger partial charge in [-0.25, -0.2) is 4.79 Å². The minimum atomic E-state index is -1.56. The molecule has 5 rings (SSSR count). The zero-order valence-electron chi connectivity index (χ0n) is 21.1. The van der Waals surface area contributed by atoms with Crippen LogP contribution in [0.3, 0.4) is 0 Å². The fourth-order valence-corrected chi connectivity index (χ4v) is 5.85. The summed E-state index contributed by atoms with van der Waals surface area (Å²) in [6, 6.07) is 24.5. The molecule has 2 aliphatic heterocycles. The van der Waals surface area contributed by atoms with Crippen molar-refractivity contribution in [1.82, 2.24) is 0 Å². The lowest BCUT2D eigenvalue weighted by Crippen LogP contribution is -2.44. The summed E-state index contributed by atoms with van der Waals surface area (Å²) in [5.41, 5.74) is 1.29. The van der Waals surface area contributed by atoms with Crippen molar-refractivity contribution in [2.45, 2.75) is 31.8 Å². The number of amides is 1. The molecule has 3 aromatic carbocycles. The van der Waals surface area contributed by atoms with E-state index in [1.165, 1.54) is 0 Å². The van der Waals surface area contributed by atoms with E-state index in [0.717, 1.165) is 10.0 Å². The Hall–Kier alpha value is -3.78. The molecule has 38 heavy (non-hydrogen) atoms. The van der Waals surface area contributed by atoms with E-state index in [0.29, 0.717) is 23.4 Å². The molecule has 7 nitrogen and oxygen atoms in total. The SMILES string of the molecule is CCOC(=O)C1=NC2(C(=O)N(Cc3ccccc3)c3ccc(Br)cc32)C(c2ccccc2)C1C(=O)OCC. The lowest BCUT2D eigenvalue weighted by atomic mass is 9.71. The van der Waals surface area contributed by atoms with E-state index in [1.807, 2.05) is 78.9 Å². The normalized spacial score (nSPS) is 21.8. The first-order chi connectivity index (χ1) is 18.4. The minimum absolute atomic E-state index is 0.0972. The highest BCUT2D eigenvalue weighted by Crippen LogP contribution is 2.58. The Kier molecular flexibility index (Phi) is 7.17. The van der Waals surface area contributed by atoms with Gasteiger partial charge in [0.25, 0.3) is 5.91 Å². The Morgan fingerprint density at radius 3 is 2.26 bits per heavy atom. The van der Waals surface area contributed by atoms with Gasteiger partial charge in [-0.15, -0.1) is 0 Å². The number of fused-ring (bicyclic) bond motifs is 2. The number of halogens is 1. The fourth-order valence-electron chi connectivity index (χ4n) is 5.49. The lowest BCUT2D eigenvalue weighted by molar-refractivity contribution is -0.148. The lowest BCUT2D eigenvalue weighted by Gasteiger charge is -2.31. The quantitative estimate of drug-likeness (QED) is 0.363. The second-order valence-electron chi connectivity index (χ2n) is 9.14. The van der Waals surface area contributed by atoms with Gasteiger partial charge in [-0.1, -0.05) is 76.6 Å². The van der Waals surface area contributed by atoms with Crippen molar-refractivity contribution >= 4 is 45.2 Å². The molecule has 0 saturated carbocycles. The molecule has 1 amide bonds. The van der Waals surface area contributed by atoms with Crippen molar-refractivity contribution in [3.63, 3.8) is 0 Å². The Labute approximate surface area is 229 Å². The predicted octanol–water partition coefficient (Wildman–Crippen LogP) is 5.17. The smallest absolute Gasteiger partial charge is 0.353 e. The predicted molar refractivity (Wildman–Crippen MR) is 147 cm³/mol. The van der Waals surface area contributed by atoms with Crippen molar-refractivity contribution in [1.29, 1.82) is 0 Å². The number of nitrogens with zero attached hydrogens (tertiary/aromatic N) is 2. The van der Waals surface area contributed by atoms with Gasteiger partial charge in [0.2, 0.25) is 0 Å². The fraction of sp³-hybridized carbons (Fsp3) is 0.267. The van der Waals surface area contributed by atoms with E-state index < -0.39 is 29.3 Å². The van der Waals surface area contributed by atoms with Crippen LogP contribution in [0, 0.1) is 5.92 Å². The van der Waals surface area contributed by atoms with E-state index in [-0.39, 0.29) is 24.8 Å². The molecule has 3 aromatic rings. The summed E-state index contributed by atoms with van der Waals surface area (Å²) in [5.74, 6) is -3.59. The molecule has 0 radical (unpaired) electrons. The molecule has 0 aliphatic carbocycles. The third-order valence-electron chi connectivity index (χ3n) is 6.97. The van der Waals surface area contributed by atoms with Crippen molar-refractivity contribution in [3.8, 4) is 0 Å². The van der Waals surface area contributed by atoms with Gasteiger partial charge in [0.05, 0.1) is 25.4 Å². The van der Waals surface area contributed by atoms with E-state index in [4.69, 9.17) is 14.5 Å². The largest absolute Gasteiger partial charge is 0.465 e. The monoisotopic (exact) mass is 574 g/mol. The van der Waals surface area contributed by atoms with Crippen LogP contribution >= 0.6 is 15.9 Å². The standard InChI is InChI=1S/C30H27BrN2O5/c1-3-37-27(34)24-25(20-13-9-6-10-14-20)30(32-26(24)28(35)38-4-2)22-17-21(31)15-16-23(22)33(29(30)36)18-19-11-7-5-8-12-19/h5-17,24-25H,3-4,18H2,1-2H3. The molecule has 2 aliphatic rings. The molecule has 1 spiro atoms. The first kappa shape index (κ1) is 25.9. The summed E-state index contributed by atoms with van der Waals surface area (Å²) < 4.78 is 11.5. The summed E-state index contributed by atoms with van der Waals surface area (Å²) >= 11 is 3.55. The number of benzene rings is 3. The van der Waals surface area contributed by atoms with E-state index >= 15 is 0 Å². The maximum absolute atomic E-state index is 14.6. The summed E-state index contributed by atoms with van der Waals surface area (Å²) in [5, 5.41) is 0. The summed E-state index contributed by atoms with van der Waals surface area (Å²) in [6.07, 6.45) is 0. The maximum Gasteiger partial charge on any atom is 0.353 e. The number of rotatable bonds is 7. The number of hydrogen-bond donors (Lipinski definition) is 0. The van der Waals surface area contributed by atoms with E-state index in [9.17, 15) is 14.4 Å². The highest BCUT2D eigenvalue weighted by atomic mass is 79.9. The van der Waals surface area contributed by atoms with Gasteiger partial charge in [0.15, 0.2) is 5.54 Å². The molecule has 0 fully saturated rings. The van der Waals surface area contributed by atoms with Gasteiger partial charge in [-0.2, -0.15) is 0 Å². The molecule has 0 saturated heterocycles. The van der Waals surface area contributed by atoms with Gasteiger partial charge in [0.1, 0.15) is 11.6 Å². The van der Waals surface area contributed by atoms with Crippen LogP contribution in [-0.2, 0) is 35.9 Å². The Morgan fingerprint density at radius 1 is 0.947 bits per heavy atom. The second kappa shape index (κ2) is 10.5. The molecule has 3 unspecified atom stereocenters. The molecule has 0 bridgehead atoms. The highest BCUT2D eigenvalue weighted by Gasteiger charge is 2.65. The van der Waals surface area contributed by atoms with Crippen LogP contribution in [0.2, 0.25) is 0 Å². The molecule has 0 aromatic heterocycles. The Morgan fingerprint density at radius 2 is 1.61 bits per heavy atom. The third kappa shape index (κ3) is 4.22. The number of aliphatic imine (C=N–C) groups is 1. The number of carbonyl (C=O) groups excluding carboxylic acids is 3. The molecular formula is C30H27BrN2O5. The Bertz CT molecular complexity index is 1410. The number of carbonyl (C=O) groups is 3. The summed E-state index contributed by atoms with van der Waals surface area (Å²) in [4.78, 5) is 47.9. The first-order valence-corrected chi connectivity index (χ1v) is 13.4. The van der Waals surface area contributed by atoms with Gasteiger partial charge < -0.3 is 14.4 Å². The van der Waals surface area contributed by atoms with Gasteiger partial charge in [-0.05, 0) is 43.2 Å². The number of hydrogen-bond acceptors (Lipinski definition) is 6. The number of esters is 2. The molecule has 3 atom stereocenters. The molecule has 194 valence electrons. The van der Waals surface area contributed by atoms with E-state index in [2.05, 4.69) is 15.9 Å². The second-order valence-corrected chi connectivity index (χ2v) is 10.1. The first-order valence-electron chi connectivity index (χ1n) is 12.6. The molecule has 2 heterocycles. The number of anilines is 1. The molecular weight excluding hydrogens is 548 g/mol. The van der Waals surface area contributed by atoms with Crippen LogP contribution in [0.5, 0.6) is 0 Å². The average Bonchev–Trinajstić information content (AvgIpc) is 3.40. The maximum atomic E-state index is 14.6. The Balaban J connectivity index is 1.77. The summed E-state index contributed by atoms with van der Waals surface area (Å²) in [7, 11) is 0. The van der Waals surface area contributed by atoms with Crippen LogP contribution in [0.4, 0.5) is 5.69 Å². The van der Waals surface area contributed by atoms with E-state index in [1.54, 1.807) is 18.7 Å².